The minimum absolute atomic E-state index is 0.347. The van der Waals surface area contributed by atoms with Gasteiger partial charge in [0.15, 0.2) is 0 Å². The summed E-state index contributed by atoms with van der Waals surface area (Å²) in [5.41, 5.74) is 2.21. The molecule has 7 heteroatoms. The van der Waals surface area contributed by atoms with Crippen LogP contribution < -0.4 is 0 Å². The van der Waals surface area contributed by atoms with Gasteiger partial charge in [-0.2, -0.15) is 0 Å². The molecule has 166 valence electrons. The van der Waals surface area contributed by atoms with Crippen molar-refractivity contribution in [3.63, 3.8) is 0 Å². The Morgan fingerprint density at radius 2 is 1.72 bits per heavy atom. The van der Waals surface area contributed by atoms with Crippen LogP contribution in [0.3, 0.4) is 0 Å². The molecular formula is C25H26ClN3O2S. The summed E-state index contributed by atoms with van der Waals surface area (Å²) >= 11 is 8.22. The number of esters is 1. The van der Waals surface area contributed by atoms with Crippen LogP contribution in [0.2, 0.25) is 5.02 Å². The molecule has 2 heterocycles. The molecule has 1 fully saturated rings. The standard InChI is InChI=1S/C25H26ClN3O2S/c1-31-25(30)20-10-8-19(9-11-20)24(27-23-7-3-2-6-22(23)26)29-16-14-28(15-17-29)13-12-21-5-4-18-32-21/h2-11,18H,12-17H2,1H3/b27-24-. The molecule has 0 unspecified atom stereocenters. The van der Waals surface area contributed by atoms with Gasteiger partial charge in [-0.1, -0.05) is 41.9 Å². The number of aliphatic imine (C=N–C) groups is 1. The van der Waals surface area contributed by atoms with Gasteiger partial charge in [0.1, 0.15) is 5.84 Å². The monoisotopic (exact) mass is 467 g/mol. The van der Waals surface area contributed by atoms with Crippen LogP contribution >= 0.6 is 22.9 Å². The maximum atomic E-state index is 11.8. The molecule has 4 rings (SSSR count). The van der Waals surface area contributed by atoms with Crippen molar-refractivity contribution in [3.8, 4) is 0 Å². The van der Waals surface area contributed by atoms with Gasteiger partial charge in [-0.05, 0) is 42.1 Å². The highest BCUT2D eigenvalue weighted by molar-refractivity contribution is 7.09. The van der Waals surface area contributed by atoms with Crippen molar-refractivity contribution < 1.29 is 9.53 Å². The van der Waals surface area contributed by atoms with Gasteiger partial charge >= 0.3 is 5.97 Å². The summed E-state index contributed by atoms with van der Waals surface area (Å²) in [4.78, 5) is 23.0. The number of carbonyl (C=O) groups is 1. The summed E-state index contributed by atoms with van der Waals surface area (Å²) in [5, 5.41) is 2.75. The molecule has 0 atom stereocenters. The molecule has 1 aliphatic heterocycles. The molecule has 2 aromatic carbocycles. The van der Waals surface area contributed by atoms with Gasteiger partial charge in [-0.15, -0.1) is 11.3 Å². The Labute approximate surface area is 197 Å². The van der Waals surface area contributed by atoms with Gasteiger partial charge < -0.3 is 9.64 Å². The molecular weight excluding hydrogens is 442 g/mol. The first-order valence-corrected chi connectivity index (χ1v) is 11.9. The normalized spacial score (nSPS) is 15.1. The molecule has 0 aliphatic carbocycles. The number of ether oxygens (including phenoxy) is 1. The Hall–Kier alpha value is -2.67. The highest BCUT2D eigenvalue weighted by Gasteiger charge is 2.21. The van der Waals surface area contributed by atoms with Crippen LogP contribution in [0.15, 0.2) is 71.0 Å². The largest absolute Gasteiger partial charge is 0.465 e. The third kappa shape index (κ3) is 5.57. The number of methoxy groups -OCH3 is 1. The zero-order valence-corrected chi connectivity index (χ0v) is 19.6. The third-order valence-electron chi connectivity index (χ3n) is 5.57. The van der Waals surface area contributed by atoms with E-state index in [4.69, 9.17) is 21.3 Å². The quantitative estimate of drug-likeness (QED) is 0.286. The SMILES string of the molecule is COC(=O)c1ccc(/C(=N/c2ccccc2Cl)N2CCN(CCc3cccs3)CC2)cc1. The lowest BCUT2D eigenvalue weighted by Crippen LogP contribution is -2.49. The van der Waals surface area contributed by atoms with Gasteiger partial charge in [0.25, 0.3) is 0 Å². The minimum atomic E-state index is -0.347. The number of hydrogen-bond donors (Lipinski definition) is 0. The van der Waals surface area contributed by atoms with E-state index in [1.165, 1.54) is 12.0 Å². The number of nitrogens with zero attached hydrogens (tertiary/aromatic N) is 3. The number of amidine groups is 1. The fraction of sp³-hybridized carbons (Fsp3) is 0.280. The molecule has 0 amide bonds. The smallest absolute Gasteiger partial charge is 0.337 e. The van der Waals surface area contributed by atoms with E-state index in [9.17, 15) is 4.79 Å². The Balaban J connectivity index is 1.52. The fourth-order valence-electron chi connectivity index (χ4n) is 3.75. The molecule has 32 heavy (non-hydrogen) atoms. The Morgan fingerprint density at radius 3 is 2.38 bits per heavy atom. The second-order valence-electron chi connectivity index (χ2n) is 7.61. The molecule has 0 radical (unpaired) electrons. The number of halogens is 1. The van der Waals surface area contributed by atoms with Crippen molar-refractivity contribution in [1.82, 2.24) is 9.80 Å². The van der Waals surface area contributed by atoms with Crippen molar-refractivity contribution in [2.45, 2.75) is 6.42 Å². The molecule has 1 aromatic heterocycles. The average Bonchev–Trinajstić information content (AvgIpc) is 3.36. The van der Waals surface area contributed by atoms with E-state index < -0.39 is 0 Å². The fourth-order valence-corrected chi connectivity index (χ4v) is 4.63. The van der Waals surface area contributed by atoms with E-state index in [-0.39, 0.29) is 5.97 Å². The third-order valence-corrected chi connectivity index (χ3v) is 6.83. The summed E-state index contributed by atoms with van der Waals surface area (Å²) < 4.78 is 4.82. The van der Waals surface area contributed by atoms with Crippen LogP contribution in [-0.2, 0) is 11.2 Å². The molecule has 3 aromatic rings. The van der Waals surface area contributed by atoms with Gasteiger partial charge in [-0.25, -0.2) is 9.79 Å². The van der Waals surface area contributed by atoms with Crippen LogP contribution in [0.4, 0.5) is 5.69 Å². The molecule has 0 saturated carbocycles. The van der Waals surface area contributed by atoms with Gasteiger partial charge in [0.2, 0.25) is 0 Å². The number of para-hydroxylation sites is 1. The molecule has 1 aliphatic rings. The summed E-state index contributed by atoms with van der Waals surface area (Å²) in [6, 6.07) is 19.3. The summed E-state index contributed by atoms with van der Waals surface area (Å²) in [5.74, 6) is 0.521. The number of benzene rings is 2. The minimum Gasteiger partial charge on any atom is -0.465 e. The predicted molar refractivity (Wildman–Crippen MR) is 131 cm³/mol. The van der Waals surface area contributed by atoms with E-state index in [1.807, 2.05) is 47.7 Å². The zero-order chi connectivity index (χ0) is 22.3. The predicted octanol–water partition coefficient (Wildman–Crippen LogP) is 5.13. The number of piperazine rings is 1. The zero-order valence-electron chi connectivity index (χ0n) is 18.0. The lowest BCUT2D eigenvalue weighted by atomic mass is 10.1. The highest BCUT2D eigenvalue weighted by Crippen LogP contribution is 2.26. The molecule has 0 spiro atoms. The Kier molecular flexibility index (Phi) is 7.58. The number of rotatable bonds is 6. The average molecular weight is 468 g/mol. The van der Waals surface area contributed by atoms with E-state index in [1.54, 1.807) is 12.1 Å². The highest BCUT2D eigenvalue weighted by atomic mass is 35.5. The molecule has 1 saturated heterocycles. The second kappa shape index (κ2) is 10.8. The topological polar surface area (TPSA) is 45.1 Å². The van der Waals surface area contributed by atoms with Gasteiger partial charge in [0.05, 0.1) is 23.4 Å². The maximum Gasteiger partial charge on any atom is 0.337 e. The van der Waals surface area contributed by atoms with E-state index in [2.05, 4.69) is 27.3 Å². The maximum absolute atomic E-state index is 11.8. The van der Waals surface area contributed by atoms with Crippen molar-refractivity contribution >= 4 is 40.4 Å². The van der Waals surface area contributed by atoms with Crippen molar-refractivity contribution in [2.75, 3.05) is 39.8 Å². The Bertz CT molecular complexity index is 1060. The van der Waals surface area contributed by atoms with Crippen molar-refractivity contribution in [1.29, 1.82) is 0 Å². The number of hydrogen-bond acceptors (Lipinski definition) is 5. The second-order valence-corrected chi connectivity index (χ2v) is 9.05. The number of thiophene rings is 1. The van der Waals surface area contributed by atoms with Crippen LogP contribution in [-0.4, -0.2) is 61.4 Å². The van der Waals surface area contributed by atoms with Crippen molar-refractivity contribution in [2.24, 2.45) is 4.99 Å². The van der Waals surface area contributed by atoms with Crippen molar-refractivity contribution in [3.05, 3.63) is 87.1 Å². The van der Waals surface area contributed by atoms with E-state index in [0.717, 1.165) is 56.2 Å². The lowest BCUT2D eigenvalue weighted by Gasteiger charge is -2.36. The molecule has 5 nitrogen and oxygen atoms in total. The van der Waals surface area contributed by atoms with Crippen LogP contribution in [0, 0.1) is 0 Å². The van der Waals surface area contributed by atoms with Crippen LogP contribution in [0.5, 0.6) is 0 Å². The molecule has 0 bridgehead atoms. The lowest BCUT2D eigenvalue weighted by molar-refractivity contribution is 0.0600. The summed E-state index contributed by atoms with van der Waals surface area (Å²) in [6.07, 6.45) is 1.09. The van der Waals surface area contributed by atoms with Gasteiger partial charge in [0, 0.05) is 43.2 Å². The van der Waals surface area contributed by atoms with E-state index >= 15 is 0 Å². The van der Waals surface area contributed by atoms with E-state index in [0.29, 0.717) is 10.6 Å². The first-order chi connectivity index (χ1) is 15.6. The first kappa shape index (κ1) is 22.5. The summed E-state index contributed by atoms with van der Waals surface area (Å²) in [7, 11) is 1.39. The Morgan fingerprint density at radius 1 is 1.00 bits per heavy atom. The molecule has 0 N–H and O–H groups in total. The van der Waals surface area contributed by atoms with Crippen LogP contribution in [0.1, 0.15) is 20.8 Å². The first-order valence-electron chi connectivity index (χ1n) is 10.7. The number of carbonyl (C=O) groups excluding carboxylic acids is 1. The van der Waals surface area contributed by atoms with Crippen LogP contribution in [0.25, 0.3) is 0 Å². The van der Waals surface area contributed by atoms with Gasteiger partial charge in [-0.3, -0.25) is 4.90 Å². The summed E-state index contributed by atoms with van der Waals surface area (Å²) in [6.45, 7) is 4.79.